The van der Waals surface area contributed by atoms with Gasteiger partial charge in [-0.05, 0) is 55.5 Å². The molecule has 0 aliphatic rings. The highest BCUT2D eigenvalue weighted by molar-refractivity contribution is 6.30. The number of carbonyl (C=O) groups excluding carboxylic acids is 3. The van der Waals surface area contributed by atoms with Gasteiger partial charge < -0.3 is 16.0 Å². The highest BCUT2D eigenvalue weighted by atomic mass is 35.5. The topological polar surface area (TPSA) is 99.3 Å². The maximum absolute atomic E-state index is 12.1. The second kappa shape index (κ2) is 8.87. The Kier molecular flexibility index (Phi) is 6.57. The Morgan fingerprint density at radius 1 is 0.923 bits per heavy atom. The van der Waals surface area contributed by atoms with Crippen molar-refractivity contribution in [2.75, 3.05) is 17.7 Å². The molecule has 2 aromatic carbocycles. The minimum atomic E-state index is -0.609. The standard InChI is InChI=1S/C18H19ClN4O3/c1-11(16(24)23-18(26)20-2)21-14-7-9-15(10-8-14)22-17(25)12-3-5-13(19)6-4-12/h3-11,21H,1-2H3,(H,22,25)(H2,20,23,24,26). The molecule has 1 atom stereocenters. The number of nitrogens with one attached hydrogen (secondary N) is 4. The van der Waals surface area contributed by atoms with E-state index in [1.54, 1.807) is 55.5 Å². The Morgan fingerprint density at radius 3 is 2.08 bits per heavy atom. The second-order valence-electron chi connectivity index (χ2n) is 5.47. The average molecular weight is 375 g/mol. The molecule has 4 N–H and O–H groups in total. The van der Waals surface area contributed by atoms with E-state index in [0.29, 0.717) is 22.0 Å². The lowest BCUT2D eigenvalue weighted by Gasteiger charge is -2.15. The van der Waals surface area contributed by atoms with Crippen molar-refractivity contribution in [1.82, 2.24) is 10.6 Å². The van der Waals surface area contributed by atoms with E-state index in [9.17, 15) is 14.4 Å². The molecule has 0 fully saturated rings. The fourth-order valence-corrected chi connectivity index (χ4v) is 2.18. The molecule has 8 heteroatoms. The van der Waals surface area contributed by atoms with Crippen LogP contribution in [0, 0.1) is 0 Å². The molecule has 0 saturated carbocycles. The Balaban J connectivity index is 1.93. The van der Waals surface area contributed by atoms with Gasteiger partial charge in [0.1, 0.15) is 6.04 Å². The van der Waals surface area contributed by atoms with E-state index in [2.05, 4.69) is 21.3 Å². The van der Waals surface area contributed by atoms with Crippen LogP contribution in [0.1, 0.15) is 17.3 Å². The molecule has 0 aliphatic heterocycles. The number of urea groups is 1. The number of halogens is 1. The van der Waals surface area contributed by atoms with Crippen LogP contribution in [0.5, 0.6) is 0 Å². The molecule has 136 valence electrons. The summed E-state index contributed by atoms with van der Waals surface area (Å²) in [6, 6.07) is 12.3. The van der Waals surface area contributed by atoms with Gasteiger partial charge in [0, 0.05) is 29.0 Å². The predicted octanol–water partition coefficient (Wildman–Crippen LogP) is 2.85. The summed E-state index contributed by atoms with van der Waals surface area (Å²) in [7, 11) is 1.43. The Bertz CT molecular complexity index is 791. The van der Waals surface area contributed by atoms with Gasteiger partial charge in [-0.15, -0.1) is 0 Å². The largest absolute Gasteiger partial charge is 0.374 e. The summed E-state index contributed by atoms with van der Waals surface area (Å²) in [4.78, 5) is 35.1. The van der Waals surface area contributed by atoms with E-state index < -0.39 is 18.0 Å². The summed E-state index contributed by atoms with van der Waals surface area (Å²) < 4.78 is 0. The summed E-state index contributed by atoms with van der Waals surface area (Å²) in [6.07, 6.45) is 0. The molecular formula is C18H19ClN4O3. The van der Waals surface area contributed by atoms with Gasteiger partial charge in [0.15, 0.2) is 0 Å². The summed E-state index contributed by atoms with van der Waals surface area (Å²) in [5, 5.41) is 10.8. The summed E-state index contributed by atoms with van der Waals surface area (Å²) in [5.74, 6) is -0.704. The van der Waals surface area contributed by atoms with Crippen molar-refractivity contribution in [3.8, 4) is 0 Å². The third-order valence-corrected chi connectivity index (χ3v) is 3.74. The molecule has 2 rings (SSSR count). The molecule has 0 bridgehead atoms. The van der Waals surface area contributed by atoms with Crippen LogP contribution in [0.2, 0.25) is 5.02 Å². The summed E-state index contributed by atoms with van der Waals surface area (Å²) in [5.41, 5.74) is 1.78. The Labute approximate surface area is 156 Å². The van der Waals surface area contributed by atoms with Gasteiger partial charge in [0.05, 0.1) is 0 Å². The van der Waals surface area contributed by atoms with Crippen LogP contribution >= 0.6 is 11.6 Å². The molecule has 7 nitrogen and oxygen atoms in total. The van der Waals surface area contributed by atoms with Crippen molar-refractivity contribution in [3.63, 3.8) is 0 Å². The molecule has 0 aromatic heterocycles. The first-order valence-corrected chi connectivity index (χ1v) is 8.23. The first kappa shape index (κ1) is 19.3. The van der Waals surface area contributed by atoms with Crippen LogP contribution in [0.15, 0.2) is 48.5 Å². The van der Waals surface area contributed by atoms with Crippen LogP contribution in [0.25, 0.3) is 0 Å². The summed E-state index contributed by atoms with van der Waals surface area (Å²) in [6.45, 7) is 1.63. The Hall–Kier alpha value is -3.06. The van der Waals surface area contributed by atoms with Crippen LogP contribution in [0.4, 0.5) is 16.2 Å². The van der Waals surface area contributed by atoms with Gasteiger partial charge in [-0.2, -0.15) is 0 Å². The van der Waals surface area contributed by atoms with Crippen molar-refractivity contribution >= 4 is 40.8 Å². The van der Waals surface area contributed by atoms with Gasteiger partial charge >= 0.3 is 6.03 Å². The van der Waals surface area contributed by atoms with Gasteiger partial charge in [0.2, 0.25) is 5.91 Å². The quantitative estimate of drug-likeness (QED) is 0.646. The lowest BCUT2D eigenvalue weighted by atomic mass is 10.2. The molecule has 4 amide bonds. The SMILES string of the molecule is CNC(=O)NC(=O)C(C)Nc1ccc(NC(=O)c2ccc(Cl)cc2)cc1. The normalized spacial score (nSPS) is 11.2. The zero-order chi connectivity index (χ0) is 19.1. The van der Waals surface area contributed by atoms with Gasteiger partial charge in [0.25, 0.3) is 5.91 Å². The van der Waals surface area contributed by atoms with Gasteiger partial charge in [-0.1, -0.05) is 11.6 Å². The van der Waals surface area contributed by atoms with E-state index in [1.807, 2.05) is 0 Å². The lowest BCUT2D eigenvalue weighted by molar-refractivity contribution is -0.120. The zero-order valence-corrected chi connectivity index (χ0v) is 15.1. The van der Waals surface area contributed by atoms with Crippen molar-refractivity contribution < 1.29 is 14.4 Å². The fraction of sp³-hybridized carbons (Fsp3) is 0.167. The van der Waals surface area contributed by atoms with Crippen molar-refractivity contribution in [3.05, 3.63) is 59.1 Å². The maximum atomic E-state index is 12.1. The fourth-order valence-electron chi connectivity index (χ4n) is 2.05. The number of anilines is 2. The molecule has 0 radical (unpaired) electrons. The highest BCUT2D eigenvalue weighted by Gasteiger charge is 2.14. The van der Waals surface area contributed by atoms with E-state index in [-0.39, 0.29) is 5.91 Å². The Morgan fingerprint density at radius 2 is 1.50 bits per heavy atom. The molecule has 26 heavy (non-hydrogen) atoms. The minimum Gasteiger partial charge on any atom is -0.374 e. The van der Waals surface area contributed by atoms with Crippen LogP contribution in [-0.4, -0.2) is 30.9 Å². The first-order chi connectivity index (χ1) is 12.4. The third-order valence-electron chi connectivity index (χ3n) is 3.49. The number of rotatable bonds is 5. The zero-order valence-electron chi connectivity index (χ0n) is 14.3. The van der Waals surface area contributed by atoms with Crippen LogP contribution < -0.4 is 21.3 Å². The van der Waals surface area contributed by atoms with E-state index in [1.165, 1.54) is 7.05 Å². The smallest absolute Gasteiger partial charge is 0.321 e. The molecular weight excluding hydrogens is 356 g/mol. The van der Waals surface area contributed by atoms with Crippen LogP contribution in [-0.2, 0) is 4.79 Å². The number of benzene rings is 2. The van der Waals surface area contributed by atoms with E-state index >= 15 is 0 Å². The molecule has 0 aliphatic carbocycles. The molecule has 0 heterocycles. The average Bonchev–Trinajstić information content (AvgIpc) is 2.63. The molecule has 0 saturated heterocycles. The molecule has 0 spiro atoms. The van der Waals surface area contributed by atoms with E-state index in [0.717, 1.165) is 0 Å². The predicted molar refractivity (Wildman–Crippen MR) is 102 cm³/mol. The minimum absolute atomic E-state index is 0.249. The number of carbonyl (C=O) groups is 3. The van der Waals surface area contributed by atoms with Crippen molar-refractivity contribution in [2.24, 2.45) is 0 Å². The summed E-state index contributed by atoms with van der Waals surface area (Å²) >= 11 is 5.80. The van der Waals surface area contributed by atoms with Crippen molar-refractivity contribution in [1.29, 1.82) is 0 Å². The lowest BCUT2D eigenvalue weighted by Crippen LogP contribution is -2.44. The highest BCUT2D eigenvalue weighted by Crippen LogP contribution is 2.16. The third kappa shape index (κ3) is 5.49. The van der Waals surface area contributed by atoms with Gasteiger partial charge in [-0.3, -0.25) is 14.9 Å². The van der Waals surface area contributed by atoms with Gasteiger partial charge in [-0.25, -0.2) is 4.79 Å². The van der Waals surface area contributed by atoms with Crippen molar-refractivity contribution in [2.45, 2.75) is 13.0 Å². The number of amides is 4. The number of hydrogen-bond donors (Lipinski definition) is 4. The number of imide groups is 1. The molecule has 2 aromatic rings. The van der Waals surface area contributed by atoms with E-state index in [4.69, 9.17) is 11.6 Å². The first-order valence-electron chi connectivity index (χ1n) is 7.85. The second-order valence-corrected chi connectivity index (χ2v) is 5.91. The maximum Gasteiger partial charge on any atom is 0.321 e. The monoisotopic (exact) mass is 374 g/mol. The van der Waals surface area contributed by atoms with Crippen LogP contribution in [0.3, 0.4) is 0 Å². The molecule has 1 unspecified atom stereocenters. The number of hydrogen-bond acceptors (Lipinski definition) is 4.